The lowest BCUT2D eigenvalue weighted by Gasteiger charge is -2.04. The smallest absolute Gasteiger partial charge is 0.258 e. The molecule has 0 heterocycles. The predicted octanol–water partition coefficient (Wildman–Crippen LogP) is 4.30. The summed E-state index contributed by atoms with van der Waals surface area (Å²) in [5.74, 6) is 0.820. The average Bonchev–Trinajstić information content (AvgIpc) is 3.31. The number of hydrogen-bond acceptors (Lipinski definition) is 3. The number of hydrogen-bond donors (Lipinski definition) is 0. The van der Waals surface area contributed by atoms with E-state index in [2.05, 4.69) is 11.1 Å². The molecule has 1 aliphatic rings. The second-order valence-corrected chi connectivity index (χ2v) is 5.38. The summed E-state index contributed by atoms with van der Waals surface area (Å²) in [6, 6.07) is 14.6. The van der Waals surface area contributed by atoms with E-state index in [0.717, 1.165) is 23.6 Å². The molecule has 4 nitrogen and oxygen atoms in total. The topological polar surface area (TPSA) is 55.5 Å². The minimum atomic E-state index is -0.397. The van der Waals surface area contributed by atoms with Crippen LogP contribution < -0.4 is 0 Å². The van der Waals surface area contributed by atoms with Crippen molar-refractivity contribution in [1.82, 2.24) is 0 Å². The summed E-state index contributed by atoms with van der Waals surface area (Å²) in [5, 5.41) is 10.6. The predicted molar refractivity (Wildman–Crippen MR) is 83.2 cm³/mol. The Hall–Kier alpha value is -2.49. The SMILES string of the molecule is O=[N+]([O-])c1ccc(C=Nc2ccccc2CC2CC2)cc1. The molecule has 1 saturated carbocycles. The quantitative estimate of drug-likeness (QED) is 0.466. The summed E-state index contributed by atoms with van der Waals surface area (Å²) < 4.78 is 0. The van der Waals surface area contributed by atoms with Gasteiger partial charge in [-0.2, -0.15) is 0 Å². The highest BCUT2D eigenvalue weighted by molar-refractivity contribution is 5.82. The molecule has 106 valence electrons. The van der Waals surface area contributed by atoms with Gasteiger partial charge in [0.25, 0.3) is 5.69 Å². The Balaban J connectivity index is 1.77. The van der Waals surface area contributed by atoms with Crippen LogP contribution in [0, 0.1) is 16.0 Å². The number of nitro benzene ring substituents is 1. The second kappa shape index (κ2) is 5.87. The summed E-state index contributed by atoms with van der Waals surface area (Å²) in [7, 11) is 0. The van der Waals surface area contributed by atoms with Crippen molar-refractivity contribution in [2.75, 3.05) is 0 Å². The molecule has 0 amide bonds. The van der Waals surface area contributed by atoms with Gasteiger partial charge in [0.1, 0.15) is 0 Å². The maximum atomic E-state index is 10.6. The van der Waals surface area contributed by atoms with Crippen LogP contribution in [-0.4, -0.2) is 11.1 Å². The molecule has 0 spiro atoms. The second-order valence-electron chi connectivity index (χ2n) is 5.38. The van der Waals surface area contributed by atoms with Crippen molar-refractivity contribution in [3.8, 4) is 0 Å². The van der Waals surface area contributed by atoms with Crippen molar-refractivity contribution in [2.24, 2.45) is 10.9 Å². The molecule has 2 aromatic carbocycles. The fraction of sp³-hybridized carbons (Fsp3) is 0.235. The van der Waals surface area contributed by atoms with Gasteiger partial charge in [-0.1, -0.05) is 18.2 Å². The molecular formula is C17H16N2O2. The average molecular weight is 280 g/mol. The summed E-state index contributed by atoms with van der Waals surface area (Å²) >= 11 is 0. The van der Waals surface area contributed by atoms with Gasteiger partial charge in [-0.15, -0.1) is 0 Å². The van der Waals surface area contributed by atoms with Crippen LogP contribution in [0.1, 0.15) is 24.0 Å². The molecule has 3 rings (SSSR count). The Morgan fingerprint density at radius 2 is 1.86 bits per heavy atom. The molecule has 1 aliphatic carbocycles. The molecule has 21 heavy (non-hydrogen) atoms. The first kappa shape index (κ1) is 13.5. The van der Waals surface area contributed by atoms with Gasteiger partial charge in [-0.3, -0.25) is 15.1 Å². The lowest BCUT2D eigenvalue weighted by molar-refractivity contribution is -0.384. The zero-order valence-electron chi connectivity index (χ0n) is 11.6. The van der Waals surface area contributed by atoms with E-state index < -0.39 is 4.92 Å². The van der Waals surface area contributed by atoms with Crippen LogP contribution in [-0.2, 0) is 6.42 Å². The van der Waals surface area contributed by atoms with E-state index in [0.29, 0.717) is 0 Å². The fourth-order valence-electron chi connectivity index (χ4n) is 2.27. The van der Waals surface area contributed by atoms with Gasteiger partial charge in [0.05, 0.1) is 10.6 Å². The van der Waals surface area contributed by atoms with Gasteiger partial charge in [0.15, 0.2) is 0 Å². The van der Waals surface area contributed by atoms with Crippen molar-refractivity contribution in [3.63, 3.8) is 0 Å². The largest absolute Gasteiger partial charge is 0.269 e. The number of benzene rings is 2. The highest BCUT2D eigenvalue weighted by Gasteiger charge is 2.22. The van der Waals surface area contributed by atoms with Gasteiger partial charge in [0, 0.05) is 18.3 Å². The van der Waals surface area contributed by atoms with Gasteiger partial charge < -0.3 is 0 Å². The number of aliphatic imine (C=N–C) groups is 1. The van der Waals surface area contributed by atoms with E-state index in [4.69, 9.17) is 0 Å². The summed E-state index contributed by atoms with van der Waals surface area (Å²) in [6.45, 7) is 0. The zero-order chi connectivity index (χ0) is 14.7. The van der Waals surface area contributed by atoms with E-state index in [9.17, 15) is 10.1 Å². The molecule has 0 aliphatic heterocycles. The Bertz CT molecular complexity index is 673. The molecule has 0 unspecified atom stereocenters. The van der Waals surface area contributed by atoms with E-state index in [1.807, 2.05) is 18.2 Å². The van der Waals surface area contributed by atoms with E-state index >= 15 is 0 Å². The molecule has 0 saturated heterocycles. The molecule has 2 aromatic rings. The third kappa shape index (κ3) is 3.54. The maximum absolute atomic E-state index is 10.6. The summed E-state index contributed by atoms with van der Waals surface area (Å²) in [4.78, 5) is 14.8. The van der Waals surface area contributed by atoms with Crippen LogP contribution in [0.4, 0.5) is 11.4 Å². The van der Waals surface area contributed by atoms with Crippen LogP contribution in [0.2, 0.25) is 0 Å². The number of para-hydroxylation sites is 1. The van der Waals surface area contributed by atoms with Crippen LogP contribution >= 0.6 is 0 Å². The number of nitrogens with zero attached hydrogens (tertiary/aromatic N) is 2. The van der Waals surface area contributed by atoms with E-state index in [-0.39, 0.29) is 5.69 Å². The Kier molecular flexibility index (Phi) is 3.77. The summed E-state index contributed by atoms with van der Waals surface area (Å²) in [5.41, 5.74) is 3.23. The third-order valence-electron chi connectivity index (χ3n) is 3.65. The van der Waals surface area contributed by atoms with Crippen molar-refractivity contribution < 1.29 is 4.92 Å². The first-order chi connectivity index (χ1) is 10.2. The van der Waals surface area contributed by atoms with Crippen LogP contribution in [0.15, 0.2) is 53.5 Å². The third-order valence-corrected chi connectivity index (χ3v) is 3.65. The van der Waals surface area contributed by atoms with Gasteiger partial charge >= 0.3 is 0 Å². The number of non-ortho nitro benzene ring substituents is 1. The summed E-state index contributed by atoms with van der Waals surface area (Å²) in [6.07, 6.45) is 5.49. The minimum Gasteiger partial charge on any atom is -0.258 e. The van der Waals surface area contributed by atoms with E-state index in [1.54, 1.807) is 18.3 Å². The van der Waals surface area contributed by atoms with Gasteiger partial charge in [-0.25, -0.2) is 0 Å². The van der Waals surface area contributed by atoms with Gasteiger partial charge in [-0.05, 0) is 54.5 Å². The molecule has 0 bridgehead atoms. The first-order valence-electron chi connectivity index (χ1n) is 7.09. The number of nitro groups is 1. The van der Waals surface area contributed by atoms with Crippen molar-refractivity contribution >= 4 is 17.6 Å². The Morgan fingerprint density at radius 1 is 1.14 bits per heavy atom. The normalized spacial score (nSPS) is 14.5. The fourth-order valence-corrected chi connectivity index (χ4v) is 2.27. The lowest BCUT2D eigenvalue weighted by Crippen LogP contribution is -1.89. The van der Waals surface area contributed by atoms with Crippen molar-refractivity contribution in [1.29, 1.82) is 0 Å². The standard InChI is InChI=1S/C17H16N2O2/c20-19(21)16-9-7-14(8-10-16)12-18-17-4-2-1-3-15(17)11-13-5-6-13/h1-4,7-10,12-13H,5-6,11H2. The molecule has 0 N–H and O–H groups in total. The van der Waals surface area contributed by atoms with Crippen LogP contribution in [0.3, 0.4) is 0 Å². The van der Waals surface area contributed by atoms with E-state index in [1.165, 1.54) is 30.5 Å². The highest BCUT2D eigenvalue weighted by Crippen LogP contribution is 2.35. The zero-order valence-corrected chi connectivity index (χ0v) is 11.6. The Morgan fingerprint density at radius 3 is 2.52 bits per heavy atom. The molecule has 0 radical (unpaired) electrons. The number of rotatable bonds is 5. The van der Waals surface area contributed by atoms with Crippen molar-refractivity contribution in [2.45, 2.75) is 19.3 Å². The van der Waals surface area contributed by atoms with Crippen LogP contribution in [0.5, 0.6) is 0 Å². The first-order valence-corrected chi connectivity index (χ1v) is 7.09. The minimum absolute atomic E-state index is 0.0984. The monoisotopic (exact) mass is 280 g/mol. The molecule has 4 heteroatoms. The maximum Gasteiger partial charge on any atom is 0.269 e. The van der Waals surface area contributed by atoms with Crippen LogP contribution in [0.25, 0.3) is 0 Å². The molecule has 1 fully saturated rings. The lowest BCUT2D eigenvalue weighted by atomic mass is 10.1. The van der Waals surface area contributed by atoms with Crippen molar-refractivity contribution in [3.05, 3.63) is 69.8 Å². The molecule has 0 aromatic heterocycles. The van der Waals surface area contributed by atoms with Gasteiger partial charge in [0.2, 0.25) is 0 Å². The Labute approximate surface area is 123 Å². The molecular weight excluding hydrogens is 264 g/mol. The molecule has 0 atom stereocenters. The highest BCUT2D eigenvalue weighted by atomic mass is 16.6.